The number of hydrogen-bond donors (Lipinski definition) is 2. The maximum atomic E-state index is 13.0. The van der Waals surface area contributed by atoms with Gasteiger partial charge in [-0.25, -0.2) is 4.79 Å². The molecular formula is C18H16ClN3O3S. The summed E-state index contributed by atoms with van der Waals surface area (Å²) in [5.74, 6) is -0.790. The van der Waals surface area contributed by atoms with E-state index in [1.54, 1.807) is 35.6 Å². The van der Waals surface area contributed by atoms with Gasteiger partial charge in [-0.15, -0.1) is 11.3 Å². The number of carbonyl (C=O) groups is 3. The van der Waals surface area contributed by atoms with Gasteiger partial charge < -0.3 is 10.6 Å². The third-order valence-corrected chi connectivity index (χ3v) is 6.00. The van der Waals surface area contributed by atoms with E-state index in [0.29, 0.717) is 17.1 Å². The zero-order valence-electron chi connectivity index (χ0n) is 13.8. The van der Waals surface area contributed by atoms with Crippen LogP contribution in [0.5, 0.6) is 0 Å². The number of fused-ring (bicyclic) bond motifs is 2. The summed E-state index contributed by atoms with van der Waals surface area (Å²) in [4.78, 5) is 39.9. The molecule has 0 bridgehead atoms. The highest BCUT2D eigenvalue weighted by atomic mass is 35.5. The van der Waals surface area contributed by atoms with Crippen molar-refractivity contribution in [2.24, 2.45) is 0 Å². The molecule has 0 saturated carbocycles. The van der Waals surface area contributed by atoms with Crippen LogP contribution in [-0.2, 0) is 21.5 Å². The molecule has 1 fully saturated rings. The largest absolute Gasteiger partial charge is 0.325 e. The van der Waals surface area contributed by atoms with Crippen molar-refractivity contribution >= 4 is 46.5 Å². The fourth-order valence-electron chi connectivity index (χ4n) is 3.56. The molecule has 26 heavy (non-hydrogen) atoms. The normalized spacial score (nSPS) is 21.7. The van der Waals surface area contributed by atoms with E-state index in [1.807, 2.05) is 11.4 Å². The molecule has 1 aromatic heterocycles. The molecule has 2 heterocycles. The number of amides is 4. The third kappa shape index (κ3) is 2.77. The Morgan fingerprint density at radius 1 is 1.27 bits per heavy atom. The van der Waals surface area contributed by atoms with Crippen LogP contribution in [0.2, 0.25) is 5.02 Å². The van der Waals surface area contributed by atoms with Gasteiger partial charge in [0.05, 0.1) is 0 Å². The second-order valence-corrected chi connectivity index (χ2v) is 7.83. The van der Waals surface area contributed by atoms with Crippen molar-refractivity contribution < 1.29 is 14.4 Å². The fraction of sp³-hybridized carbons (Fsp3) is 0.278. The number of carbonyl (C=O) groups excluding carboxylic acids is 3. The van der Waals surface area contributed by atoms with Gasteiger partial charge in [0.1, 0.15) is 12.1 Å². The molecule has 4 rings (SSSR count). The number of rotatable bonds is 3. The van der Waals surface area contributed by atoms with Gasteiger partial charge in [0.15, 0.2) is 0 Å². The zero-order chi connectivity index (χ0) is 18.3. The van der Waals surface area contributed by atoms with Crippen molar-refractivity contribution in [3.05, 3.63) is 51.2 Å². The molecule has 1 aromatic carbocycles. The Bertz CT molecular complexity index is 895. The van der Waals surface area contributed by atoms with Gasteiger partial charge in [-0.3, -0.25) is 14.5 Å². The number of nitrogens with one attached hydrogen (secondary N) is 2. The Kier molecular flexibility index (Phi) is 4.20. The molecule has 134 valence electrons. The van der Waals surface area contributed by atoms with E-state index in [4.69, 9.17) is 11.6 Å². The second-order valence-electron chi connectivity index (χ2n) is 6.39. The fourth-order valence-corrected chi connectivity index (χ4v) is 4.69. The molecule has 1 aliphatic carbocycles. The maximum Gasteiger partial charge on any atom is 0.325 e. The van der Waals surface area contributed by atoms with Crippen molar-refractivity contribution in [1.82, 2.24) is 10.2 Å². The first kappa shape index (κ1) is 17.1. The molecule has 2 aliphatic rings. The van der Waals surface area contributed by atoms with Gasteiger partial charge in [-0.2, -0.15) is 0 Å². The lowest BCUT2D eigenvalue weighted by molar-refractivity contribution is -0.134. The quantitative estimate of drug-likeness (QED) is 0.791. The number of nitrogens with zero attached hydrogens (tertiary/aromatic N) is 1. The van der Waals surface area contributed by atoms with Crippen molar-refractivity contribution in [3.63, 3.8) is 0 Å². The minimum absolute atomic E-state index is 0.325. The highest BCUT2D eigenvalue weighted by molar-refractivity contribution is 7.10. The van der Waals surface area contributed by atoms with Crippen LogP contribution in [0, 0.1) is 0 Å². The standard InChI is InChI=1S/C18H16ClN3O3S/c19-11-3-5-12(6-4-11)20-15(23)10-22-16(24)18(21-17(22)25)8-1-2-14-13(18)7-9-26-14/h3-7,9H,1-2,8,10H2,(H,20,23)(H,21,25)/t18-/m1/s1. The summed E-state index contributed by atoms with van der Waals surface area (Å²) in [6, 6.07) is 7.99. The average Bonchev–Trinajstić information content (AvgIpc) is 3.18. The van der Waals surface area contributed by atoms with E-state index in [2.05, 4.69) is 10.6 Å². The molecular weight excluding hydrogens is 374 g/mol. The molecule has 2 aromatic rings. The van der Waals surface area contributed by atoms with Gasteiger partial charge in [-0.05, 0) is 55.0 Å². The molecule has 0 unspecified atom stereocenters. The summed E-state index contributed by atoms with van der Waals surface area (Å²) in [7, 11) is 0. The van der Waals surface area contributed by atoms with E-state index in [9.17, 15) is 14.4 Å². The average molecular weight is 390 g/mol. The van der Waals surface area contributed by atoms with Gasteiger partial charge in [0, 0.05) is 21.2 Å². The number of anilines is 1. The number of urea groups is 1. The Balaban J connectivity index is 1.52. The summed E-state index contributed by atoms with van der Waals surface area (Å²) < 4.78 is 0. The third-order valence-electron chi connectivity index (χ3n) is 4.77. The molecule has 4 amide bonds. The first-order valence-corrected chi connectivity index (χ1v) is 9.52. The molecule has 1 saturated heterocycles. The SMILES string of the molecule is O=C(CN1C(=O)N[C@@]2(CCCc3sccc32)C1=O)Nc1ccc(Cl)cc1. The molecule has 2 N–H and O–H groups in total. The highest BCUT2D eigenvalue weighted by Crippen LogP contribution is 2.42. The first-order chi connectivity index (χ1) is 12.5. The Hall–Kier alpha value is -2.38. The van der Waals surface area contributed by atoms with Crippen molar-refractivity contribution in [2.45, 2.75) is 24.8 Å². The van der Waals surface area contributed by atoms with Crippen LogP contribution in [0.25, 0.3) is 0 Å². The second kappa shape index (κ2) is 6.41. The van der Waals surface area contributed by atoms with Crippen LogP contribution in [0.15, 0.2) is 35.7 Å². The summed E-state index contributed by atoms with van der Waals surface area (Å²) in [5.41, 5.74) is 0.400. The molecule has 1 spiro atoms. The van der Waals surface area contributed by atoms with E-state index in [1.165, 1.54) is 0 Å². The molecule has 0 radical (unpaired) electrons. The Morgan fingerprint density at radius 3 is 2.81 bits per heavy atom. The van der Waals surface area contributed by atoms with Crippen LogP contribution in [-0.4, -0.2) is 29.3 Å². The van der Waals surface area contributed by atoms with Crippen LogP contribution in [0.4, 0.5) is 10.5 Å². The van der Waals surface area contributed by atoms with Crippen LogP contribution in [0.3, 0.4) is 0 Å². The van der Waals surface area contributed by atoms with E-state index < -0.39 is 17.5 Å². The van der Waals surface area contributed by atoms with Crippen LogP contribution < -0.4 is 10.6 Å². The first-order valence-electron chi connectivity index (χ1n) is 8.26. The van der Waals surface area contributed by atoms with Crippen molar-refractivity contribution in [3.8, 4) is 0 Å². The van der Waals surface area contributed by atoms with Crippen molar-refractivity contribution in [1.29, 1.82) is 0 Å². The topological polar surface area (TPSA) is 78.5 Å². The molecule has 6 nitrogen and oxygen atoms in total. The molecule has 1 aliphatic heterocycles. The number of imide groups is 1. The summed E-state index contributed by atoms with van der Waals surface area (Å²) >= 11 is 7.42. The Labute approximate surface area is 159 Å². The van der Waals surface area contributed by atoms with E-state index in [0.717, 1.165) is 28.2 Å². The number of halogens is 1. The van der Waals surface area contributed by atoms with Gasteiger partial charge >= 0.3 is 6.03 Å². The van der Waals surface area contributed by atoms with E-state index in [-0.39, 0.29) is 12.5 Å². The summed E-state index contributed by atoms with van der Waals surface area (Å²) in [6.45, 7) is -0.325. The zero-order valence-corrected chi connectivity index (χ0v) is 15.3. The smallest absolute Gasteiger partial charge is 0.325 e. The number of thiophene rings is 1. The number of aryl methyl sites for hydroxylation is 1. The molecule has 8 heteroatoms. The minimum atomic E-state index is -1.02. The highest BCUT2D eigenvalue weighted by Gasteiger charge is 2.54. The van der Waals surface area contributed by atoms with E-state index >= 15 is 0 Å². The van der Waals surface area contributed by atoms with Crippen molar-refractivity contribution in [2.75, 3.05) is 11.9 Å². The Morgan fingerprint density at radius 2 is 2.04 bits per heavy atom. The van der Waals surface area contributed by atoms with Gasteiger partial charge in [0.2, 0.25) is 5.91 Å². The van der Waals surface area contributed by atoms with Crippen LogP contribution in [0.1, 0.15) is 23.3 Å². The molecule has 1 atom stereocenters. The summed E-state index contributed by atoms with van der Waals surface area (Å²) in [6.07, 6.45) is 2.29. The monoisotopic (exact) mass is 389 g/mol. The number of hydrogen-bond acceptors (Lipinski definition) is 4. The summed E-state index contributed by atoms with van der Waals surface area (Å²) in [5, 5.41) is 8.00. The lowest BCUT2D eigenvalue weighted by atomic mass is 9.80. The number of benzene rings is 1. The van der Waals surface area contributed by atoms with Gasteiger partial charge in [-0.1, -0.05) is 11.6 Å². The lowest BCUT2D eigenvalue weighted by Crippen LogP contribution is -2.46. The van der Waals surface area contributed by atoms with Crippen LogP contribution >= 0.6 is 22.9 Å². The minimum Gasteiger partial charge on any atom is -0.325 e. The maximum absolute atomic E-state index is 13.0. The van der Waals surface area contributed by atoms with Gasteiger partial charge in [0.25, 0.3) is 5.91 Å². The predicted octanol–water partition coefficient (Wildman–Crippen LogP) is 3.12. The predicted molar refractivity (Wildman–Crippen MR) is 99.3 cm³/mol. The lowest BCUT2D eigenvalue weighted by Gasteiger charge is -2.31.